The Hall–Kier alpha value is -0.280. The van der Waals surface area contributed by atoms with Crippen molar-refractivity contribution in [1.82, 2.24) is 0 Å². The molecule has 0 aliphatic carbocycles. The van der Waals surface area contributed by atoms with Crippen LogP contribution in [0, 0.1) is 0 Å². The molecule has 17 heavy (non-hydrogen) atoms. The van der Waals surface area contributed by atoms with E-state index in [1.807, 2.05) is 0 Å². The van der Waals surface area contributed by atoms with Gasteiger partial charge in [0.1, 0.15) is 12.2 Å². The van der Waals surface area contributed by atoms with Crippen LogP contribution in [0.15, 0.2) is 0 Å². The summed E-state index contributed by atoms with van der Waals surface area (Å²) in [5, 5.41) is 37.6. The van der Waals surface area contributed by atoms with Gasteiger partial charge in [-0.15, -0.1) is 0 Å². The van der Waals surface area contributed by atoms with E-state index < -0.39 is 24.8 Å². The van der Waals surface area contributed by atoms with Gasteiger partial charge in [0.15, 0.2) is 12.6 Å². The summed E-state index contributed by atoms with van der Waals surface area (Å²) in [7, 11) is 0. The molecule has 0 amide bonds. The van der Waals surface area contributed by atoms with E-state index in [9.17, 15) is 20.4 Å². The van der Waals surface area contributed by atoms with Crippen molar-refractivity contribution in [2.24, 2.45) is 11.5 Å². The van der Waals surface area contributed by atoms with E-state index in [1.54, 1.807) is 0 Å². The van der Waals surface area contributed by atoms with E-state index in [1.165, 1.54) is 0 Å². The molecule has 0 aliphatic heterocycles. The zero-order chi connectivity index (χ0) is 13.3. The van der Waals surface area contributed by atoms with Crippen molar-refractivity contribution in [2.45, 2.75) is 50.5 Å². The lowest BCUT2D eigenvalue weighted by molar-refractivity contribution is -0.266. The highest BCUT2D eigenvalue weighted by atomic mass is 16.7. The fourth-order valence-corrected chi connectivity index (χ4v) is 1.26. The van der Waals surface area contributed by atoms with Crippen LogP contribution < -0.4 is 11.5 Å². The number of aliphatic hydroxyl groups excluding tert-OH is 4. The molecule has 7 nitrogen and oxygen atoms in total. The van der Waals surface area contributed by atoms with E-state index in [2.05, 4.69) is 0 Å². The van der Waals surface area contributed by atoms with Gasteiger partial charge in [-0.3, -0.25) is 0 Å². The van der Waals surface area contributed by atoms with Gasteiger partial charge in [-0.1, -0.05) is 0 Å². The number of hydrogen-bond acceptors (Lipinski definition) is 7. The standard InChI is InChI=1S/C10H24N2O5/c11-5-1-3-7(13)9(15)17-10(16)8(14)4-2-6-12/h7-10,13-16H,1-6,11-12H2. The van der Waals surface area contributed by atoms with Crippen molar-refractivity contribution >= 4 is 0 Å². The quantitative estimate of drug-likeness (QED) is 0.243. The average Bonchev–Trinajstić information content (AvgIpc) is 2.32. The van der Waals surface area contributed by atoms with Crippen LogP contribution in [0.4, 0.5) is 0 Å². The summed E-state index contributed by atoms with van der Waals surface area (Å²) in [6.07, 6.45) is -3.73. The maximum atomic E-state index is 9.41. The molecule has 0 aromatic heterocycles. The SMILES string of the molecule is NCCCC(O)C(O)OC(O)C(O)CCCN. The number of hydrogen-bond donors (Lipinski definition) is 6. The van der Waals surface area contributed by atoms with Crippen LogP contribution in [0.5, 0.6) is 0 Å². The molecule has 4 atom stereocenters. The van der Waals surface area contributed by atoms with Gasteiger partial charge in [-0.2, -0.15) is 0 Å². The summed E-state index contributed by atoms with van der Waals surface area (Å²) in [5.41, 5.74) is 10.5. The molecule has 0 bridgehead atoms. The highest BCUT2D eigenvalue weighted by Gasteiger charge is 2.24. The Balaban J connectivity index is 3.87. The fraction of sp³-hybridized carbons (Fsp3) is 1.00. The van der Waals surface area contributed by atoms with E-state index in [0.29, 0.717) is 25.9 Å². The maximum Gasteiger partial charge on any atom is 0.184 e. The van der Waals surface area contributed by atoms with Crippen molar-refractivity contribution in [3.8, 4) is 0 Å². The Bertz CT molecular complexity index is 166. The van der Waals surface area contributed by atoms with Gasteiger partial charge in [0, 0.05) is 0 Å². The molecular weight excluding hydrogens is 228 g/mol. The lowest BCUT2D eigenvalue weighted by Crippen LogP contribution is -2.38. The van der Waals surface area contributed by atoms with E-state index in [4.69, 9.17) is 16.2 Å². The molecule has 0 aromatic carbocycles. The first-order valence-electron chi connectivity index (χ1n) is 5.80. The molecular formula is C10H24N2O5. The highest BCUT2D eigenvalue weighted by Crippen LogP contribution is 2.09. The van der Waals surface area contributed by atoms with Gasteiger partial charge in [-0.05, 0) is 38.8 Å². The molecule has 0 fully saturated rings. The van der Waals surface area contributed by atoms with Gasteiger partial charge in [-0.25, -0.2) is 0 Å². The summed E-state index contributed by atoms with van der Waals surface area (Å²) >= 11 is 0. The Morgan fingerprint density at radius 3 is 1.41 bits per heavy atom. The smallest absolute Gasteiger partial charge is 0.184 e. The predicted molar refractivity (Wildman–Crippen MR) is 61.7 cm³/mol. The number of ether oxygens (including phenoxy) is 1. The molecule has 7 heteroatoms. The maximum absolute atomic E-state index is 9.41. The Kier molecular flexibility index (Phi) is 9.56. The summed E-state index contributed by atoms with van der Waals surface area (Å²) in [6, 6.07) is 0. The number of aliphatic hydroxyl groups is 4. The summed E-state index contributed by atoms with van der Waals surface area (Å²) in [6.45, 7) is 0.789. The second-order valence-electron chi connectivity index (χ2n) is 3.91. The van der Waals surface area contributed by atoms with E-state index in [-0.39, 0.29) is 12.8 Å². The summed E-state index contributed by atoms with van der Waals surface area (Å²) in [5.74, 6) is 0. The number of nitrogens with two attached hydrogens (primary N) is 2. The van der Waals surface area contributed by atoms with Crippen LogP contribution >= 0.6 is 0 Å². The molecule has 4 unspecified atom stereocenters. The fourth-order valence-electron chi connectivity index (χ4n) is 1.26. The zero-order valence-corrected chi connectivity index (χ0v) is 9.90. The molecule has 0 aliphatic rings. The molecule has 0 saturated heterocycles. The van der Waals surface area contributed by atoms with Crippen molar-refractivity contribution in [3.05, 3.63) is 0 Å². The van der Waals surface area contributed by atoms with Crippen LogP contribution in [0.1, 0.15) is 25.7 Å². The average molecular weight is 252 g/mol. The third kappa shape index (κ3) is 7.61. The van der Waals surface area contributed by atoms with Gasteiger partial charge >= 0.3 is 0 Å². The first-order chi connectivity index (χ1) is 8.02. The Morgan fingerprint density at radius 1 is 0.765 bits per heavy atom. The molecule has 0 saturated carbocycles. The minimum atomic E-state index is -1.54. The molecule has 0 heterocycles. The monoisotopic (exact) mass is 252 g/mol. The van der Waals surface area contributed by atoms with Crippen molar-refractivity contribution < 1.29 is 25.2 Å². The topological polar surface area (TPSA) is 142 Å². The minimum Gasteiger partial charge on any atom is -0.388 e. The number of rotatable bonds is 10. The van der Waals surface area contributed by atoms with Crippen LogP contribution in [0.3, 0.4) is 0 Å². The van der Waals surface area contributed by atoms with E-state index in [0.717, 1.165) is 0 Å². The van der Waals surface area contributed by atoms with Crippen molar-refractivity contribution in [1.29, 1.82) is 0 Å². The lowest BCUT2D eigenvalue weighted by Gasteiger charge is -2.24. The highest BCUT2D eigenvalue weighted by molar-refractivity contribution is 4.64. The van der Waals surface area contributed by atoms with Crippen molar-refractivity contribution in [2.75, 3.05) is 13.1 Å². The Labute approximate surface area is 101 Å². The second kappa shape index (κ2) is 9.72. The third-order valence-corrected chi connectivity index (χ3v) is 2.35. The second-order valence-corrected chi connectivity index (χ2v) is 3.91. The van der Waals surface area contributed by atoms with Gasteiger partial charge in [0.2, 0.25) is 0 Å². The first kappa shape index (κ1) is 16.7. The molecule has 8 N–H and O–H groups in total. The van der Waals surface area contributed by atoms with Gasteiger partial charge in [0.05, 0.1) is 0 Å². The normalized spacial score (nSPS) is 18.7. The zero-order valence-electron chi connectivity index (χ0n) is 9.90. The molecule has 0 spiro atoms. The summed E-state index contributed by atoms with van der Waals surface area (Å²) in [4.78, 5) is 0. The molecule has 104 valence electrons. The predicted octanol–water partition coefficient (Wildman–Crippen LogP) is -2.16. The molecule has 0 aromatic rings. The van der Waals surface area contributed by atoms with Gasteiger partial charge in [0.25, 0.3) is 0 Å². The third-order valence-electron chi connectivity index (χ3n) is 2.35. The minimum absolute atomic E-state index is 0.267. The first-order valence-corrected chi connectivity index (χ1v) is 5.80. The Morgan fingerprint density at radius 2 is 1.12 bits per heavy atom. The largest absolute Gasteiger partial charge is 0.388 e. The van der Waals surface area contributed by atoms with Crippen LogP contribution in [-0.2, 0) is 4.74 Å². The van der Waals surface area contributed by atoms with Gasteiger partial charge < -0.3 is 36.6 Å². The lowest BCUT2D eigenvalue weighted by atomic mass is 10.2. The van der Waals surface area contributed by atoms with Crippen molar-refractivity contribution in [3.63, 3.8) is 0 Å². The molecule has 0 radical (unpaired) electrons. The molecule has 0 rings (SSSR count). The van der Waals surface area contributed by atoms with Crippen LogP contribution in [0.2, 0.25) is 0 Å². The summed E-state index contributed by atoms with van der Waals surface area (Å²) < 4.78 is 4.70. The van der Waals surface area contributed by atoms with E-state index >= 15 is 0 Å². The van der Waals surface area contributed by atoms with Crippen LogP contribution in [-0.4, -0.2) is 58.3 Å². The van der Waals surface area contributed by atoms with Crippen LogP contribution in [0.25, 0.3) is 0 Å².